The van der Waals surface area contributed by atoms with Crippen LogP contribution in [0.1, 0.15) is 49.9 Å². The average Bonchev–Trinajstić information content (AvgIpc) is 3.25. The third kappa shape index (κ3) is 5.51. The second-order valence-electron chi connectivity index (χ2n) is 9.03. The number of ether oxygens (including phenoxy) is 1. The fourth-order valence-electron chi connectivity index (χ4n) is 4.10. The van der Waals surface area contributed by atoms with Crippen LogP contribution in [-0.4, -0.2) is 35.1 Å². The second kappa shape index (κ2) is 11.0. The number of amidine groups is 1. The van der Waals surface area contributed by atoms with E-state index in [4.69, 9.17) is 9.73 Å². The summed E-state index contributed by atoms with van der Waals surface area (Å²) in [5.74, 6) is -0.0877. The molecule has 0 aromatic heterocycles. The quantitative estimate of drug-likeness (QED) is 0.501. The number of nitrogens with zero attached hydrogens (tertiary/aromatic N) is 2. The first-order valence-corrected chi connectivity index (χ1v) is 12.8. The van der Waals surface area contributed by atoms with Gasteiger partial charge in [0.05, 0.1) is 30.3 Å². The molecule has 4 rings (SSSR count). The normalized spacial score (nSPS) is 17.2. The van der Waals surface area contributed by atoms with Gasteiger partial charge in [-0.1, -0.05) is 85.8 Å². The summed E-state index contributed by atoms with van der Waals surface area (Å²) in [6.07, 6.45) is 0.206. The van der Waals surface area contributed by atoms with Crippen LogP contribution in [-0.2, 0) is 14.3 Å². The van der Waals surface area contributed by atoms with Gasteiger partial charge in [-0.05, 0) is 30.7 Å². The molecule has 0 bridgehead atoms. The van der Waals surface area contributed by atoms with Gasteiger partial charge in [-0.25, -0.2) is 9.79 Å². The number of aryl methyl sites for hydroxylation is 1. The highest BCUT2D eigenvalue weighted by Gasteiger charge is 2.42. The van der Waals surface area contributed by atoms with E-state index in [1.165, 1.54) is 11.8 Å². The highest BCUT2D eigenvalue weighted by Crippen LogP contribution is 2.47. The van der Waals surface area contributed by atoms with Crippen LogP contribution in [0, 0.1) is 12.8 Å². The van der Waals surface area contributed by atoms with Crippen molar-refractivity contribution in [3.05, 3.63) is 88.0 Å². The Hall–Kier alpha value is -3.32. The average molecular weight is 490 g/mol. The Balaban J connectivity index is 1.82. The van der Waals surface area contributed by atoms with Crippen molar-refractivity contribution >= 4 is 34.5 Å². The summed E-state index contributed by atoms with van der Waals surface area (Å²) in [6.45, 7) is 8.84. The third-order valence-electron chi connectivity index (χ3n) is 5.79. The number of benzene rings is 2. The zero-order chi connectivity index (χ0) is 24.9. The first kappa shape index (κ1) is 24.8. The van der Waals surface area contributed by atoms with E-state index in [2.05, 4.69) is 19.2 Å². The Morgan fingerprint density at radius 1 is 1.11 bits per heavy atom. The lowest BCUT2D eigenvalue weighted by molar-refractivity contribution is -0.139. The molecule has 1 N–H and O–H groups in total. The number of amides is 1. The first-order valence-electron chi connectivity index (χ1n) is 11.9. The molecular formula is C28H31N3O3S. The van der Waals surface area contributed by atoms with Gasteiger partial charge < -0.3 is 15.0 Å². The number of hydrogen-bond acceptors (Lipinski definition) is 6. The summed E-state index contributed by atoms with van der Waals surface area (Å²) < 4.78 is 5.54. The maximum Gasteiger partial charge on any atom is 0.338 e. The minimum Gasteiger partial charge on any atom is -0.463 e. The highest BCUT2D eigenvalue weighted by atomic mass is 32.2. The Morgan fingerprint density at radius 2 is 1.83 bits per heavy atom. The van der Waals surface area contributed by atoms with Gasteiger partial charge in [0, 0.05) is 17.8 Å². The zero-order valence-electron chi connectivity index (χ0n) is 20.6. The van der Waals surface area contributed by atoms with E-state index in [1.54, 1.807) is 6.92 Å². The molecule has 182 valence electrons. The van der Waals surface area contributed by atoms with Gasteiger partial charge >= 0.3 is 5.97 Å². The molecule has 0 aliphatic carbocycles. The Morgan fingerprint density at radius 3 is 2.49 bits per heavy atom. The molecule has 0 saturated heterocycles. The van der Waals surface area contributed by atoms with Crippen LogP contribution in [0.3, 0.4) is 0 Å². The lowest BCUT2D eigenvalue weighted by atomic mass is 9.91. The lowest BCUT2D eigenvalue weighted by Crippen LogP contribution is -2.38. The summed E-state index contributed by atoms with van der Waals surface area (Å²) in [5.41, 5.74) is 4.81. The molecule has 2 heterocycles. The van der Waals surface area contributed by atoms with Gasteiger partial charge in [0.2, 0.25) is 5.91 Å². The monoisotopic (exact) mass is 489 g/mol. The second-order valence-corrected chi connectivity index (χ2v) is 9.86. The van der Waals surface area contributed by atoms with Gasteiger partial charge in [-0.15, -0.1) is 0 Å². The standard InChI is InChI=1S/C28H31N3O3S/c1-5-34-27(33)24-25(20-9-7-6-8-10-20)30-28-31(26(24)21-13-11-19(4)12-14-21)22(17-35-28)15-23(32)29-16-18(2)3/h6-14,17-18,26H,5,15-16H2,1-4H3,(H,29,32). The molecule has 1 unspecified atom stereocenters. The minimum absolute atomic E-state index is 0.0509. The fraction of sp³-hybridized carbons (Fsp3) is 0.321. The number of esters is 1. The SMILES string of the molecule is CCOC(=O)C1=C(c2ccccc2)N=C2SC=C(CC(=O)NCC(C)C)N2C1c1ccc(C)cc1. The molecule has 7 heteroatoms. The van der Waals surface area contributed by atoms with E-state index in [0.717, 1.165) is 27.6 Å². The molecule has 2 aliphatic rings. The number of carbonyl (C=O) groups is 2. The Bertz CT molecular complexity index is 1180. The highest BCUT2D eigenvalue weighted by molar-refractivity contribution is 8.16. The fourth-order valence-corrected chi connectivity index (χ4v) is 5.02. The summed E-state index contributed by atoms with van der Waals surface area (Å²) in [6, 6.07) is 17.4. The molecule has 1 amide bonds. The van der Waals surface area contributed by atoms with Crippen molar-refractivity contribution in [2.24, 2.45) is 10.9 Å². The van der Waals surface area contributed by atoms with E-state index < -0.39 is 12.0 Å². The lowest BCUT2D eigenvalue weighted by Gasteiger charge is -2.37. The number of aliphatic imine (C=N–C) groups is 1. The molecule has 0 fully saturated rings. The van der Waals surface area contributed by atoms with E-state index in [-0.39, 0.29) is 18.9 Å². The summed E-state index contributed by atoms with van der Waals surface area (Å²) in [4.78, 5) is 33.1. The Kier molecular flexibility index (Phi) is 7.76. The van der Waals surface area contributed by atoms with Crippen molar-refractivity contribution in [3.8, 4) is 0 Å². The largest absolute Gasteiger partial charge is 0.463 e. The van der Waals surface area contributed by atoms with Gasteiger partial charge in [0.15, 0.2) is 5.17 Å². The molecular weight excluding hydrogens is 458 g/mol. The van der Waals surface area contributed by atoms with Crippen LogP contribution in [0.15, 0.2) is 76.3 Å². The maximum atomic E-state index is 13.4. The van der Waals surface area contributed by atoms with Crippen molar-refractivity contribution in [2.75, 3.05) is 13.2 Å². The van der Waals surface area contributed by atoms with Crippen molar-refractivity contribution in [1.29, 1.82) is 0 Å². The van der Waals surface area contributed by atoms with Crippen LogP contribution < -0.4 is 5.32 Å². The summed E-state index contributed by atoms with van der Waals surface area (Å²) in [7, 11) is 0. The van der Waals surface area contributed by atoms with Gasteiger partial charge in [0.1, 0.15) is 0 Å². The molecule has 0 radical (unpaired) electrons. The molecule has 0 spiro atoms. The van der Waals surface area contributed by atoms with E-state index in [0.29, 0.717) is 23.7 Å². The van der Waals surface area contributed by atoms with E-state index in [9.17, 15) is 9.59 Å². The number of fused-ring (bicyclic) bond motifs is 1. The molecule has 1 atom stereocenters. The van der Waals surface area contributed by atoms with Crippen LogP contribution in [0.25, 0.3) is 5.70 Å². The molecule has 2 aromatic carbocycles. The van der Waals surface area contributed by atoms with Crippen LogP contribution in [0.2, 0.25) is 0 Å². The molecule has 2 aliphatic heterocycles. The molecule has 6 nitrogen and oxygen atoms in total. The summed E-state index contributed by atoms with van der Waals surface area (Å²) in [5, 5.41) is 5.70. The predicted molar refractivity (Wildman–Crippen MR) is 141 cm³/mol. The van der Waals surface area contributed by atoms with E-state index >= 15 is 0 Å². The zero-order valence-corrected chi connectivity index (χ0v) is 21.4. The van der Waals surface area contributed by atoms with Crippen LogP contribution in [0.4, 0.5) is 0 Å². The minimum atomic E-state index is -0.462. The van der Waals surface area contributed by atoms with Crippen LogP contribution >= 0.6 is 11.8 Å². The van der Waals surface area contributed by atoms with Crippen molar-refractivity contribution in [3.63, 3.8) is 0 Å². The maximum absolute atomic E-state index is 13.4. The topological polar surface area (TPSA) is 71.0 Å². The number of nitrogens with one attached hydrogen (secondary N) is 1. The number of rotatable bonds is 8. The predicted octanol–water partition coefficient (Wildman–Crippen LogP) is 5.43. The summed E-state index contributed by atoms with van der Waals surface area (Å²) >= 11 is 1.48. The number of carbonyl (C=O) groups excluding carboxylic acids is 2. The van der Waals surface area contributed by atoms with Gasteiger partial charge in [0.25, 0.3) is 0 Å². The molecule has 0 saturated carbocycles. The molecule has 2 aromatic rings. The smallest absolute Gasteiger partial charge is 0.338 e. The number of thioether (sulfide) groups is 1. The molecule has 35 heavy (non-hydrogen) atoms. The van der Waals surface area contributed by atoms with Crippen molar-refractivity contribution < 1.29 is 14.3 Å². The van der Waals surface area contributed by atoms with Gasteiger partial charge in [-0.2, -0.15) is 0 Å². The van der Waals surface area contributed by atoms with Crippen LogP contribution in [0.5, 0.6) is 0 Å². The van der Waals surface area contributed by atoms with E-state index in [1.807, 2.05) is 71.8 Å². The van der Waals surface area contributed by atoms with Crippen molar-refractivity contribution in [2.45, 2.75) is 40.2 Å². The third-order valence-corrected chi connectivity index (χ3v) is 6.68. The first-order chi connectivity index (χ1) is 16.9. The Labute approximate surface area is 211 Å². The number of hydrogen-bond donors (Lipinski definition) is 1. The van der Waals surface area contributed by atoms with Gasteiger partial charge in [-0.3, -0.25) is 4.79 Å². The van der Waals surface area contributed by atoms with Crippen molar-refractivity contribution in [1.82, 2.24) is 10.2 Å².